The molecular weight excluding hydrogens is 540 g/mol. The van der Waals surface area contributed by atoms with Crippen LogP contribution in [0.25, 0.3) is 22.0 Å². The molecule has 0 amide bonds. The van der Waals surface area contributed by atoms with Crippen molar-refractivity contribution in [3.8, 4) is 28.7 Å². The number of hydrogen-bond donors (Lipinski definition) is 3. The van der Waals surface area contributed by atoms with Crippen molar-refractivity contribution >= 4 is 26.7 Å². The van der Waals surface area contributed by atoms with Crippen LogP contribution in [0, 0.1) is 23.5 Å². The Balaban J connectivity index is 1.95. The molecule has 1 atom stereocenters. The van der Waals surface area contributed by atoms with E-state index in [9.17, 15) is 22.3 Å². The number of methoxy groups -OCH3 is 1. The van der Waals surface area contributed by atoms with Gasteiger partial charge in [0, 0.05) is 24.2 Å². The van der Waals surface area contributed by atoms with Crippen LogP contribution in [0.4, 0.5) is 14.6 Å². The van der Waals surface area contributed by atoms with Gasteiger partial charge in [-0.1, -0.05) is 5.92 Å². The maximum absolute atomic E-state index is 13.9. The van der Waals surface area contributed by atoms with E-state index < -0.39 is 33.3 Å². The molecule has 4 rings (SSSR count). The summed E-state index contributed by atoms with van der Waals surface area (Å²) in [5.41, 5.74) is 8.09. The smallest absolute Gasteiger partial charge is 0.231 e. The zero-order chi connectivity index (χ0) is 29.4. The molecule has 0 spiro atoms. The summed E-state index contributed by atoms with van der Waals surface area (Å²) in [6.45, 7) is 3.08. The number of nitrogens with zero attached hydrogens (tertiary/aromatic N) is 3. The van der Waals surface area contributed by atoms with Gasteiger partial charge >= 0.3 is 0 Å². The molecule has 40 heavy (non-hydrogen) atoms. The van der Waals surface area contributed by atoms with E-state index in [4.69, 9.17) is 10.5 Å². The molecule has 4 N–H and O–H groups in total. The lowest BCUT2D eigenvalue weighted by molar-refractivity contribution is 0.143. The highest BCUT2D eigenvalue weighted by molar-refractivity contribution is 7.92. The predicted octanol–water partition coefficient (Wildman–Crippen LogP) is 3.66. The van der Waals surface area contributed by atoms with Crippen LogP contribution in [-0.4, -0.2) is 47.3 Å². The lowest BCUT2D eigenvalue weighted by Gasteiger charge is -2.18. The van der Waals surface area contributed by atoms with Crippen molar-refractivity contribution in [3.05, 3.63) is 71.1 Å². The molecule has 9 nitrogen and oxygen atoms in total. The molecule has 2 aromatic heterocycles. The zero-order valence-corrected chi connectivity index (χ0v) is 23.4. The Morgan fingerprint density at radius 1 is 1.15 bits per heavy atom. The number of aryl methyl sites for hydroxylation is 1. The molecule has 210 valence electrons. The van der Waals surface area contributed by atoms with Crippen LogP contribution in [0.2, 0.25) is 0 Å². The summed E-state index contributed by atoms with van der Waals surface area (Å²) < 4.78 is 61.3. The molecule has 0 aliphatic carbocycles. The number of benzene rings is 2. The molecule has 0 saturated heterocycles. The zero-order valence-electron chi connectivity index (χ0n) is 22.6. The molecular formula is C28H29F2N5O4S. The number of aliphatic hydroxyl groups is 1. The highest BCUT2D eigenvalue weighted by Crippen LogP contribution is 2.40. The number of fused-ring (bicyclic) bond motifs is 1. The van der Waals surface area contributed by atoms with Crippen molar-refractivity contribution in [2.75, 3.05) is 18.1 Å². The number of halogens is 2. The van der Waals surface area contributed by atoms with Crippen LogP contribution in [-0.2, 0) is 23.5 Å². The van der Waals surface area contributed by atoms with Crippen LogP contribution in [0.1, 0.15) is 36.8 Å². The van der Waals surface area contributed by atoms with Gasteiger partial charge in [0.1, 0.15) is 28.7 Å². The highest BCUT2D eigenvalue weighted by Gasteiger charge is 2.24. The second-order valence-electron chi connectivity index (χ2n) is 9.91. The predicted molar refractivity (Wildman–Crippen MR) is 149 cm³/mol. The minimum Gasteiger partial charge on any atom is -0.496 e. The third-order valence-corrected chi connectivity index (χ3v) is 6.46. The van der Waals surface area contributed by atoms with E-state index in [0.717, 1.165) is 12.3 Å². The monoisotopic (exact) mass is 569 g/mol. The fourth-order valence-electron chi connectivity index (χ4n) is 4.37. The SMILES string of the molecule is COc1ccc(-c2ccc(C#CC(C)(C)O)nc2C(N)Cc2cc(F)cc(F)c2)c2c1c(NS(C)(=O)=O)nn2C. The van der Waals surface area contributed by atoms with Gasteiger partial charge in [-0.15, -0.1) is 0 Å². The summed E-state index contributed by atoms with van der Waals surface area (Å²) in [5.74, 6) is 4.57. The van der Waals surface area contributed by atoms with Gasteiger partial charge in [-0.25, -0.2) is 22.2 Å². The average molecular weight is 570 g/mol. The van der Waals surface area contributed by atoms with Crippen LogP contribution < -0.4 is 15.2 Å². The molecule has 0 aliphatic heterocycles. The third-order valence-electron chi connectivity index (χ3n) is 5.89. The number of nitrogens with two attached hydrogens (primary N) is 1. The van der Waals surface area contributed by atoms with Gasteiger partial charge in [0.2, 0.25) is 10.0 Å². The van der Waals surface area contributed by atoms with Crippen LogP contribution >= 0.6 is 0 Å². The minimum atomic E-state index is -3.66. The normalized spacial score (nSPS) is 12.6. The van der Waals surface area contributed by atoms with Gasteiger partial charge in [0.15, 0.2) is 5.82 Å². The maximum Gasteiger partial charge on any atom is 0.231 e. The van der Waals surface area contributed by atoms with Crippen molar-refractivity contribution in [3.63, 3.8) is 0 Å². The molecule has 2 heterocycles. The Hall–Kier alpha value is -4.05. The van der Waals surface area contributed by atoms with Gasteiger partial charge in [-0.2, -0.15) is 5.10 Å². The largest absolute Gasteiger partial charge is 0.496 e. The summed E-state index contributed by atoms with van der Waals surface area (Å²) in [4.78, 5) is 4.67. The van der Waals surface area contributed by atoms with Crippen LogP contribution in [0.15, 0.2) is 42.5 Å². The standard InChI is InChI=1S/C28H29F2N5O4S/c1-28(2,36)11-10-19-6-7-20(25(32-19)22(31)14-16-12-17(29)15-18(30)13-16)21-8-9-23(39-4)24-26(21)35(3)33-27(24)34-40(5,37)38/h6-9,12-13,15,22,36H,14,31H2,1-5H3,(H,33,34). The van der Waals surface area contributed by atoms with Crippen molar-refractivity contribution < 1.29 is 27.0 Å². The first-order chi connectivity index (χ1) is 18.6. The summed E-state index contributed by atoms with van der Waals surface area (Å²) >= 11 is 0. The first-order valence-corrected chi connectivity index (χ1v) is 14.0. The van der Waals surface area contributed by atoms with Crippen molar-refractivity contribution in [1.29, 1.82) is 0 Å². The highest BCUT2D eigenvalue weighted by atomic mass is 32.2. The molecule has 0 aliphatic rings. The van der Waals surface area contributed by atoms with E-state index in [1.54, 1.807) is 31.3 Å². The van der Waals surface area contributed by atoms with Crippen molar-refractivity contribution in [1.82, 2.24) is 14.8 Å². The number of anilines is 1. The molecule has 2 aromatic carbocycles. The Morgan fingerprint density at radius 3 is 2.40 bits per heavy atom. The average Bonchev–Trinajstić information content (AvgIpc) is 3.15. The Kier molecular flexibility index (Phi) is 7.85. The Labute approximate surface area is 231 Å². The van der Waals surface area contributed by atoms with E-state index in [1.807, 2.05) is 0 Å². The van der Waals surface area contributed by atoms with Gasteiger partial charge in [-0.3, -0.25) is 9.40 Å². The fraction of sp³-hybridized carbons (Fsp3) is 0.286. The van der Waals surface area contributed by atoms with Crippen molar-refractivity contribution in [2.24, 2.45) is 12.8 Å². The van der Waals surface area contributed by atoms with E-state index in [-0.39, 0.29) is 12.2 Å². The fourth-order valence-corrected chi connectivity index (χ4v) is 4.87. The van der Waals surface area contributed by atoms with E-state index in [1.165, 1.54) is 37.8 Å². The van der Waals surface area contributed by atoms with E-state index >= 15 is 0 Å². The number of rotatable bonds is 7. The third kappa shape index (κ3) is 6.56. The Bertz CT molecular complexity index is 1750. The summed E-state index contributed by atoms with van der Waals surface area (Å²) in [6, 6.07) is 9.22. The molecule has 4 aromatic rings. The number of aromatic nitrogens is 3. The Morgan fingerprint density at radius 2 is 1.80 bits per heavy atom. The summed E-state index contributed by atoms with van der Waals surface area (Å²) in [7, 11) is -0.537. The number of sulfonamides is 1. The van der Waals surface area contributed by atoms with E-state index in [0.29, 0.717) is 44.7 Å². The topological polar surface area (TPSA) is 132 Å². The second kappa shape index (κ2) is 10.8. The lowest BCUT2D eigenvalue weighted by Crippen LogP contribution is -2.17. The molecule has 12 heteroatoms. The lowest BCUT2D eigenvalue weighted by atomic mass is 9.94. The molecule has 0 saturated carbocycles. The van der Waals surface area contributed by atoms with Crippen LogP contribution in [0.3, 0.4) is 0 Å². The molecule has 1 unspecified atom stereocenters. The van der Waals surface area contributed by atoms with Gasteiger partial charge in [-0.05, 0) is 68.2 Å². The number of ether oxygens (including phenoxy) is 1. The number of nitrogens with one attached hydrogen (secondary N) is 1. The number of pyridine rings is 1. The van der Waals surface area contributed by atoms with Gasteiger partial charge < -0.3 is 15.6 Å². The molecule has 0 bridgehead atoms. The second-order valence-corrected chi connectivity index (χ2v) is 11.7. The maximum atomic E-state index is 13.9. The first-order valence-electron chi connectivity index (χ1n) is 12.1. The minimum absolute atomic E-state index is 0.0582. The molecule has 0 radical (unpaired) electrons. The quantitative estimate of drug-likeness (QED) is 0.290. The first kappa shape index (κ1) is 28.9. The van der Waals surface area contributed by atoms with E-state index in [2.05, 4.69) is 26.6 Å². The van der Waals surface area contributed by atoms with Gasteiger partial charge in [0.05, 0.1) is 36.0 Å². The van der Waals surface area contributed by atoms with Crippen molar-refractivity contribution in [2.45, 2.75) is 31.9 Å². The van der Waals surface area contributed by atoms with Crippen LogP contribution in [0.5, 0.6) is 5.75 Å². The molecule has 0 fully saturated rings. The summed E-state index contributed by atoms with van der Waals surface area (Å²) in [6.07, 6.45) is 1.08. The number of hydrogen-bond acceptors (Lipinski definition) is 7. The van der Waals surface area contributed by atoms with Gasteiger partial charge in [0.25, 0.3) is 0 Å². The summed E-state index contributed by atoms with van der Waals surface area (Å²) in [5, 5.41) is 14.8.